The summed E-state index contributed by atoms with van der Waals surface area (Å²) in [5, 5.41) is 2.40. The number of nitrogens with one attached hydrogen (secondary N) is 2. The summed E-state index contributed by atoms with van der Waals surface area (Å²) < 4.78 is 61.8. The predicted molar refractivity (Wildman–Crippen MR) is 120 cm³/mol. The molecule has 0 fully saturated rings. The van der Waals surface area contributed by atoms with Crippen LogP contribution in [-0.4, -0.2) is 27.5 Å². The third kappa shape index (κ3) is 5.90. The van der Waals surface area contributed by atoms with Crippen LogP contribution in [0.25, 0.3) is 0 Å². The van der Waals surface area contributed by atoms with Crippen molar-refractivity contribution in [3.63, 3.8) is 0 Å². The molecule has 0 saturated carbocycles. The van der Waals surface area contributed by atoms with Gasteiger partial charge in [-0.2, -0.15) is 4.72 Å². The van der Waals surface area contributed by atoms with Crippen LogP contribution in [0.5, 0.6) is 5.75 Å². The molecule has 3 rings (SSSR count). The van der Waals surface area contributed by atoms with Crippen LogP contribution in [0.3, 0.4) is 0 Å². The molecule has 3 aromatic carbocycles. The van der Waals surface area contributed by atoms with Crippen molar-refractivity contribution in [2.75, 3.05) is 12.4 Å². The fourth-order valence-electron chi connectivity index (χ4n) is 2.96. The minimum absolute atomic E-state index is 0.0261. The molecule has 0 saturated heterocycles. The lowest BCUT2D eigenvalue weighted by Crippen LogP contribution is -2.45. The highest BCUT2D eigenvalue weighted by atomic mass is 79.9. The second-order valence-corrected chi connectivity index (χ2v) is 9.37. The summed E-state index contributed by atoms with van der Waals surface area (Å²) in [5.41, 5.74) is 0.552. The number of sulfonamides is 1. The zero-order valence-electron chi connectivity index (χ0n) is 16.8. The number of hydrogen-bond donors (Lipinski definition) is 2. The molecular weight excluding hydrogens is 506 g/mol. The van der Waals surface area contributed by atoms with Crippen LogP contribution in [0, 0.1) is 11.6 Å². The van der Waals surface area contributed by atoms with Gasteiger partial charge in [0.25, 0.3) is 0 Å². The van der Waals surface area contributed by atoms with Crippen molar-refractivity contribution in [2.45, 2.75) is 17.4 Å². The van der Waals surface area contributed by atoms with Gasteiger partial charge in [-0.25, -0.2) is 17.2 Å². The number of carbonyl (C=O) groups is 1. The fraction of sp³-hybridized carbons (Fsp3) is 0.136. The Balaban J connectivity index is 1.93. The van der Waals surface area contributed by atoms with E-state index in [0.29, 0.717) is 10.0 Å². The summed E-state index contributed by atoms with van der Waals surface area (Å²) in [5.74, 6) is -2.35. The van der Waals surface area contributed by atoms with Crippen molar-refractivity contribution in [3.05, 3.63) is 88.4 Å². The molecule has 10 heteroatoms. The van der Waals surface area contributed by atoms with Gasteiger partial charge >= 0.3 is 0 Å². The summed E-state index contributed by atoms with van der Waals surface area (Å²) in [6.45, 7) is 0. The third-order valence-electron chi connectivity index (χ3n) is 4.50. The van der Waals surface area contributed by atoms with Crippen LogP contribution in [0.4, 0.5) is 14.5 Å². The quantitative estimate of drug-likeness (QED) is 0.461. The molecule has 1 amide bonds. The van der Waals surface area contributed by atoms with E-state index >= 15 is 0 Å². The van der Waals surface area contributed by atoms with E-state index in [-0.39, 0.29) is 17.9 Å². The lowest BCUT2D eigenvalue weighted by molar-refractivity contribution is -0.117. The maximum absolute atomic E-state index is 14.2. The lowest BCUT2D eigenvalue weighted by atomic mass is 10.1. The van der Waals surface area contributed by atoms with Gasteiger partial charge in [-0.05, 0) is 48.4 Å². The number of amides is 1. The Morgan fingerprint density at radius 2 is 1.78 bits per heavy atom. The van der Waals surface area contributed by atoms with E-state index in [1.165, 1.54) is 31.4 Å². The number of ether oxygens (including phenoxy) is 1. The topological polar surface area (TPSA) is 84.5 Å². The minimum Gasteiger partial charge on any atom is -0.495 e. The van der Waals surface area contributed by atoms with Crippen LogP contribution in [-0.2, 0) is 21.2 Å². The molecule has 6 nitrogen and oxygen atoms in total. The molecule has 0 aliphatic rings. The molecule has 1 unspecified atom stereocenters. The van der Waals surface area contributed by atoms with E-state index in [2.05, 4.69) is 26.0 Å². The van der Waals surface area contributed by atoms with Gasteiger partial charge in [0, 0.05) is 4.47 Å². The average Bonchev–Trinajstić information content (AvgIpc) is 2.75. The van der Waals surface area contributed by atoms with Gasteiger partial charge in [-0.1, -0.05) is 46.3 Å². The van der Waals surface area contributed by atoms with Crippen LogP contribution in [0.2, 0.25) is 0 Å². The van der Waals surface area contributed by atoms with Crippen molar-refractivity contribution in [1.82, 2.24) is 4.72 Å². The molecule has 0 aromatic heterocycles. The van der Waals surface area contributed by atoms with Crippen LogP contribution in [0.1, 0.15) is 5.56 Å². The van der Waals surface area contributed by atoms with Gasteiger partial charge in [-0.3, -0.25) is 4.79 Å². The molecule has 0 heterocycles. The Morgan fingerprint density at radius 1 is 1.06 bits per heavy atom. The smallest absolute Gasteiger partial charge is 0.245 e. The first-order chi connectivity index (χ1) is 15.2. The first-order valence-electron chi connectivity index (χ1n) is 9.35. The molecule has 3 aromatic rings. The maximum Gasteiger partial charge on any atom is 0.245 e. The highest BCUT2D eigenvalue weighted by Gasteiger charge is 2.29. The zero-order valence-corrected chi connectivity index (χ0v) is 19.2. The number of hydrogen-bond acceptors (Lipinski definition) is 4. The zero-order chi connectivity index (χ0) is 23.3. The summed E-state index contributed by atoms with van der Waals surface area (Å²) in [6, 6.07) is 14.5. The van der Waals surface area contributed by atoms with Gasteiger partial charge < -0.3 is 10.1 Å². The van der Waals surface area contributed by atoms with E-state index in [4.69, 9.17) is 4.74 Å². The second-order valence-electron chi connectivity index (χ2n) is 6.77. The summed E-state index contributed by atoms with van der Waals surface area (Å²) >= 11 is 3.13. The van der Waals surface area contributed by atoms with Crippen LogP contribution < -0.4 is 14.8 Å². The van der Waals surface area contributed by atoms with Gasteiger partial charge in [0.2, 0.25) is 15.9 Å². The molecule has 2 N–H and O–H groups in total. The standard InChI is InChI=1S/C22H19BrF2N2O4S/c1-31-20-10-8-16(24)13-21(20)32(29,30)27-19(11-14-5-3-2-4-6-14)22(28)26-18-9-7-15(23)12-17(18)25/h2-10,12-13,19,27H,11H2,1H3,(H,26,28). The number of benzene rings is 3. The van der Waals surface area contributed by atoms with Crippen molar-refractivity contribution in [1.29, 1.82) is 0 Å². The number of rotatable bonds is 8. The van der Waals surface area contributed by atoms with E-state index in [1.54, 1.807) is 30.3 Å². The highest BCUT2D eigenvalue weighted by molar-refractivity contribution is 9.10. The Bertz CT molecular complexity index is 1220. The molecular formula is C22H19BrF2N2O4S. The molecule has 168 valence electrons. The van der Waals surface area contributed by atoms with Crippen molar-refractivity contribution >= 4 is 37.5 Å². The highest BCUT2D eigenvalue weighted by Crippen LogP contribution is 2.25. The van der Waals surface area contributed by atoms with Gasteiger partial charge in [0.15, 0.2) is 0 Å². The third-order valence-corrected chi connectivity index (χ3v) is 6.49. The molecule has 0 spiro atoms. The summed E-state index contributed by atoms with van der Waals surface area (Å²) in [6.07, 6.45) is -0.0261. The summed E-state index contributed by atoms with van der Waals surface area (Å²) in [4.78, 5) is 12.5. The number of carbonyl (C=O) groups excluding carboxylic acids is 1. The average molecular weight is 525 g/mol. The molecule has 32 heavy (non-hydrogen) atoms. The van der Waals surface area contributed by atoms with Crippen molar-refractivity contribution in [3.8, 4) is 5.75 Å². The largest absolute Gasteiger partial charge is 0.495 e. The first kappa shape index (κ1) is 23.8. The molecule has 1 atom stereocenters. The lowest BCUT2D eigenvalue weighted by Gasteiger charge is -2.20. The Kier molecular flexibility index (Phi) is 7.60. The van der Waals surface area contributed by atoms with E-state index in [1.807, 2.05) is 0 Å². The van der Waals surface area contributed by atoms with Gasteiger partial charge in [0.1, 0.15) is 28.3 Å². The predicted octanol–water partition coefficient (Wildman–Crippen LogP) is 4.26. The Morgan fingerprint density at radius 3 is 2.44 bits per heavy atom. The molecule has 0 aliphatic heterocycles. The Labute approximate surface area is 192 Å². The van der Waals surface area contributed by atoms with Crippen LogP contribution in [0.15, 0.2) is 76.1 Å². The Hall–Kier alpha value is -2.82. The van der Waals surface area contributed by atoms with Gasteiger partial charge in [0.05, 0.1) is 12.8 Å². The van der Waals surface area contributed by atoms with Crippen LogP contribution >= 0.6 is 15.9 Å². The number of methoxy groups -OCH3 is 1. The van der Waals surface area contributed by atoms with Crippen molar-refractivity contribution in [2.24, 2.45) is 0 Å². The number of halogens is 3. The monoisotopic (exact) mass is 524 g/mol. The fourth-order valence-corrected chi connectivity index (χ4v) is 4.67. The van der Waals surface area contributed by atoms with E-state index < -0.39 is 38.5 Å². The normalized spacial score (nSPS) is 12.2. The van der Waals surface area contributed by atoms with Gasteiger partial charge in [-0.15, -0.1) is 0 Å². The molecule has 0 bridgehead atoms. The molecule has 0 radical (unpaired) electrons. The maximum atomic E-state index is 14.2. The molecule has 0 aliphatic carbocycles. The summed E-state index contributed by atoms with van der Waals surface area (Å²) in [7, 11) is -3.13. The first-order valence-corrected chi connectivity index (χ1v) is 11.6. The SMILES string of the molecule is COc1ccc(F)cc1S(=O)(=O)NC(Cc1ccccc1)C(=O)Nc1ccc(Br)cc1F. The second kappa shape index (κ2) is 10.2. The van der Waals surface area contributed by atoms with E-state index in [0.717, 1.165) is 12.1 Å². The number of anilines is 1. The van der Waals surface area contributed by atoms with E-state index in [9.17, 15) is 22.0 Å². The minimum atomic E-state index is -4.38. The van der Waals surface area contributed by atoms with Crippen molar-refractivity contribution < 1.29 is 26.7 Å².